The number of nitrogens with one attached hydrogen (secondary N) is 2. The highest BCUT2D eigenvalue weighted by Crippen LogP contribution is 2.13. The van der Waals surface area contributed by atoms with Crippen LogP contribution in [0.25, 0.3) is 0 Å². The molecule has 0 fully saturated rings. The van der Waals surface area contributed by atoms with Crippen LogP contribution in [0.2, 0.25) is 0 Å². The number of amides is 2. The zero-order valence-corrected chi connectivity index (χ0v) is 12.4. The van der Waals surface area contributed by atoms with Gasteiger partial charge in [0, 0.05) is 37.5 Å². The van der Waals surface area contributed by atoms with Crippen molar-refractivity contribution in [2.24, 2.45) is 0 Å². The van der Waals surface area contributed by atoms with Crippen LogP contribution >= 0.6 is 0 Å². The minimum Gasteiger partial charge on any atom is -0.478 e. The molecule has 1 aromatic heterocycles. The Hall–Kier alpha value is -3.16. The van der Waals surface area contributed by atoms with Gasteiger partial charge in [0.25, 0.3) is 0 Å². The number of carbonyl (C=O) groups is 3. The Morgan fingerprint density at radius 1 is 1.13 bits per heavy atom. The molecule has 0 aliphatic rings. The molecule has 0 spiro atoms. The summed E-state index contributed by atoms with van der Waals surface area (Å²) < 4.78 is 1.41. The number of aromatic nitrogens is 2. The Morgan fingerprint density at radius 2 is 1.74 bits per heavy atom. The number of carbonyl (C=O) groups excluding carboxylic acids is 2. The first-order chi connectivity index (χ1) is 10.9. The van der Waals surface area contributed by atoms with Crippen molar-refractivity contribution in [2.75, 3.05) is 10.6 Å². The molecule has 2 aromatic rings. The standard InChI is InChI=1S/C15H16N4O4/c1-10(20)17-12-2-4-13(5-3-12)18-14(21)6-7-19-9-11(8-16-19)15(22)23/h2-5,8-9H,6-7H2,1H3,(H,17,20)(H,18,21)(H,22,23). The molecule has 0 saturated carbocycles. The molecule has 0 radical (unpaired) electrons. The van der Waals surface area contributed by atoms with Crippen molar-refractivity contribution in [1.29, 1.82) is 0 Å². The number of carboxylic acids is 1. The molecule has 0 unspecified atom stereocenters. The number of rotatable bonds is 6. The Bertz CT molecular complexity index is 721. The van der Waals surface area contributed by atoms with E-state index in [-0.39, 0.29) is 30.3 Å². The highest BCUT2D eigenvalue weighted by Gasteiger charge is 2.08. The summed E-state index contributed by atoms with van der Waals surface area (Å²) >= 11 is 0. The van der Waals surface area contributed by atoms with Crippen LogP contribution in [0, 0.1) is 0 Å². The summed E-state index contributed by atoms with van der Waals surface area (Å²) in [5.41, 5.74) is 1.34. The van der Waals surface area contributed by atoms with Crippen LogP contribution in [0.1, 0.15) is 23.7 Å². The van der Waals surface area contributed by atoms with Crippen molar-refractivity contribution >= 4 is 29.2 Å². The number of hydrogen-bond acceptors (Lipinski definition) is 4. The second-order valence-electron chi connectivity index (χ2n) is 4.85. The van der Waals surface area contributed by atoms with Crippen LogP contribution in [-0.4, -0.2) is 32.7 Å². The molecular formula is C15H16N4O4. The number of nitrogens with zero attached hydrogens (tertiary/aromatic N) is 2. The van der Waals surface area contributed by atoms with Crippen LogP contribution in [0.4, 0.5) is 11.4 Å². The fourth-order valence-corrected chi connectivity index (χ4v) is 1.88. The molecule has 1 aromatic carbocycles. The molecular weight excluding hydrogens is 300 g/mol. The third-order valence-electron chi connectivity index (χ3n) is 2.94. The summed E-state index contributed by atoms with van der Waals surface area (Å²) in [6.45, 7) is 1.70. The van der Waals surface area contributed by atoms with E-state index in [1.54, 1.807) is 24.3 Å². The van der Waals surface area contributed by atoms with Gasteiger partial charge in [-0.3, -0.25) is 14.3 Å². The summed E-state index contributed by atoms with van der Waals surface area (Å²) in [7, 11) is 0. The first-order valence-electron chi connectivity index (χ1n) is 6.87. The summed E-state index contributed by atoms with van der Waals surface area (Å²) in [4.78, 5) is 33.5. The normalized spacial score (nSPS) is 10.1. The lowest BCUT2D eigenvalue weighted by Crippen LogP contribution is -2.14. The largest absolute Gasteiger partial charge is 0.478 e. The molecule has 120 valence electrons. The summed E-state index contributed by atoms with van der Waals surface area (Å²) in [5, 5.41) is 18.0. The van der Waals surface area contributed by atoms with E-state index >= 15 is 0 Å². The smallest absolute Gasteiger partial charge is 0.338 e. The molecule has 0 aliphatic carbocycles. The maximum Gasteiger partial charge on any atom is 0.338 e. The molecule has 0 saturated heterocycles. The number of carboxylic acid groups (broad SMARTS) is 1. The third kappa shape index (κ3) is 4.95. The SMILES string of the molecule is CC(=O)Nc1ccc(NC(=O)CCn2cc(C(=O)O)cn2)cc1. The Labute approximate surface area is 132 Å². The summed E-state index contributed by atoms with van der Waals surface area (Å²) in [6, 6.07) is 6.73. The second kappa shape index (κ2) is 7.21. The fraction of sp³-hybridized carbons (Fsp3) is 0.200. The Balaban J connectivity index is 1.84. The first-order valence-corrected chi connectivity index (χ1v) is 6.87. The van der Waals surface area contributed by atoms with Gasteiger partial charge in [-0.05, 0) is 24.3 Å². The van der Waals surface area contributed by atoms with Gasteiger partial charge in [-0.25, -0.2) is 4.79 Å². The van der Waals surface area contributed by atoms with Gasteiger partial charge in [0.1, 0.15) is 0 Å². The highest BCUT2D eigenvalue weighted by molar-refractivity contribution is 5.92. The minimum absolute atomic E-state index is 0.0824. The predicted octanol–water partition coefficient (Wildman–Crippen LogP) is 1.57. The molecule has 2 rings (SSSR count). The fourth-order valence-electron chi connectivity index (χ4n) is 1.88. The predicted molar refractivity (Wildman–Crippen MR) is 83.2 cm³/mol. The van der Waals surface area contributed by atoms with Crippen LogP contribution in [-0.2, 0) is 16.1 Å². The van der Waals surface area contributed by atoms with Crippen LogP contribution in [0.5, 0.6) is 0 Å². The lowest BCUT2D eigenvalue weighted by molar-refractivity contribution is -0.116. The summed E-state index contributed by atoms with van der Waals surface area (Å²) in [5.74, 6) is -1.44. The third-order valence-corrected chi connectivity index (χ3v) is 2.94. The maximum atomic E-state index is 11.9. The van der Waals surface area contributed by atoms with E-state index in [9.17, 15) is 14.4 Å². The maximum absolute atomic E-state index is 11.9. The number of aryl methyl sites for hydroxylation is 1. The molecule has 1 heterocycles. The molecule has 8 heteroatoms. The molecule has 3 N–H and O–H groups in total. The van der Waals surface area contributed by atoms with Crippen LogP contribution in [0.3, 0.4) is 0 Å². The van der Waals surface area contributed by atoms with Gasteiger partial charge < -0.3 is 15.7 Å². The molecule has 0 aliphatic heterocycles. The van der Waals surface area contributed by atoms with Gasteiger partial charge in [0.2, 0.25) is 11.8 Å². The number of benzene rings is 1. The van der Waals surface area contributed by atoms with E-state index in [1.165, 1.54) is 24.0 Å². The van der Waals surface area contributed by atoms with Gasteiger partial charge in [-0.1, -0.05) is 0 Å². The second-order valence-corrected chi connectivity index (χ2v) is 4.85. The van der Waals surface area contributed by atoms with Gasteiger partial charge in [-0.2, -0.15) is 5.10 Å². The summed E-state index contributed by atoms with van der Waals surface area (Å²) in [6.07, 6.45) is 2.77. The van der Waals surface area contributed by atoms with Gasteiger partial charge in [0.05, 0.1) is 11.8 Å². The highest BCUT2D eigenvalue weighted by atomic mass is 16.4. The monoisotopic (exact) mass is 316 g/mol. The topological polar surface area (TPSA) is 113 Å². The van der Waals surface area contributed by atoms with E-state index < -0.39 is 5.97 Å². The molecule has 23 heavy (non-hydrogen) atoms. The van der Waals surface area contributed by atoms with Gasteiger partial charge >= 0.3 is 5.97 Å². The van der Waals surface area contributed by atoms with Crippen LogP contribution in [0.15, 0.2) is 36.7 Å². The first kappa shape index (κ1) is 16.2. The van der Waals surface area contributed by atoms with Gasteiger partial charge in [0.15, 0.2) is 0 Å². The zero-order valence-electron chi connectivity index (χ0n) is 12.4. The van der Waals surface area contributed by atoms with E-state index in [4.69, 9.17) is 5.11 Å². The van der Waals surface area contributed by atoms with Crippen molar-refractivity contribution in [1.82, 2.24) is 9.78 Å². The number of hydrogen-bond donors (Lipinski definition) is 3. The molecule has 0 atom stereocenters. The average molecular weight is 316 g/mol. The Kier molecular flexibility index (Phi) is 5.08. The lowest BCUT2D eigenvalue weighted by atomic mass is 10.2. The number of aromatic carboxylic acids is 1. The van der Waals surface area contributed by atoms with E-state index in [2.05, 4.69) is 15.7 Å². The van der Waals surface area contributed by atoms with E-state index in [1.807, 2.05) is 0 Å². The van der Waals surface area contributed by atoms with Crippen molar-refractivity contribution in [3.63, 3.8) is 0 Å². The van der Waals surface area contributed by atoms with E-state index in [0.717, 1.165) is 0 Å². The zero-order chi connectivity index (χ0) is 16.8. The van der Waals surface area contributed by atoms with Crippen molar-refractivity contribution < 1.29 is 19.5 Å². The average Bonchev–Trinajstić information content (AvgIpc) is 2.96. The van der Waals surface area contributed by atoms with Crippen LogP contribution < -0.4 is 10.6 Å². The van der Waals surface area contributed by atoms with Crippen molar-refractivity contribution in [2.45, 2.75) is 19.9 Å². The minimum atomic E-state index is -1.06. The molecule has 8 nitrogen and oxygen atoms in total. The van der Waals surface area contributed by atoms with E-state index in [0.29, 0.717) is 11.4 Å². The van der Waals surface area contributed by atoms with Crippen molar-refractivity contribution in [3.05, 3.63) is 42.2 Å². The van der Waals surface area contributed by atoms with Crippen molar-refractivity contribution in [3.8, 4) is 0 Å². The van der Waals surface area contributed by atoms with Gasteiger partial charge in [-0.15, -0.1) is 0 Å². The number of anilines is 2. The Morgan fingerprint density at radius 3 is 2.26 bits per heavy atom. The molecule has 2 amide bonds. The quantitative estimate of drug-likeness (QED) is 0.748. The lowest BCUT2D eigenvalue weighted by Gasteiger charge is -2.07. The molecule has 0 bridgehead atoms.